The molecule has 3 N–H and O–H groups in total. The van der Waals surface area contributed by atoms with Gasteiger partial charge in [0, 0.05) is 18.0 Å². The maximum Gasteiger partial charge on any atom is 0.308 e. The van der Waals surface area contributed by atoms with E-state index in [9.17, 15) is 21.6 Å². The first-order valence-electron chi connectivity index (χ1n) is 5.35. The molecular weight excluding hydrogens is 328 g/mol. The maximum atomic E-state index is 11.8. The van der Waals surface area contributed by atoms with E-state index < -0.39 is 26.0 Å². The van der Waals surface area contributed by atoms with Crippen LogP contribution in [0.1, 0.15) is 4.88 Å². The smallest absolute Gasteiger partial charge is 0.308 e. The summed E-state index contributed by atoms with van der Waals surface area (Å²) in [6.45, 7) is -0.160. The third kappa shape index (κ3) is 5.96. The molecule has 0 unspecified atom stereocenters. The second kappa shape index (κ2) is 6.63. The molecule has 0 amide bonds. The molecule has 1 heterocycles. The Morgan fingerprint density at radius 2 is 1.80 bits per heavy atom. The van der Waals surface area contributed by atoms with Crippen LogP contribution in [-0.2, 0) is 31.3 Å². The molecule has 0 spiro atoms. The average Bonchev–Trinajstić information content (AvgIpc) is 2.71. The van der Waals surface area contributed by atoms with Gasteiger partial charge >= 0.3 is 5.97 Å². The monoisotopic (exact) mass is 342 g/mol. The number of rotatable bonds is 8. The van der Waals surface area contributed by atoms with Crippen LogP contribution in [0.2, 0.25) is 0 Å². The zero-order valence-electron chi connectivity index (χ0n) is 10.5. The van der Waals surface area contributed by atoms with E-state index in [1.807, 2.05) is 0 Å². The highest BCUT2D eigenvalue weighted by Crippen LogP contribution is 2.21. The first-order chi connectivity index (χ1) is 9.10. The van der Waals surface area contributed by atoms with Crippen LogP contribution in [0.25, 0.3) is 0 Å². The lowest BCUT2D eigenvalue weighted by Crippen LogP contribution is -2.33. The molecule has 1 aromatic rings. The fourth-order valence-corrected chi connectivity index (χ4v) is 4.14. The van der Waals surface area contributed by atoms with Crippen LogP contribution in [0, 0.1) is 0 Å². The van der Waals surface area contributed by atoms with E-state index in [-0.39, 0.29) is 23.7 Å². The molecule has 0 aliphatic rings. The summed E-state index contributed by atoms with van der Waals surface area (Å²) < 4.78 is 49.6. The number of sulfonamides is 2. The minimum atomic E-state index is -3.75. The van der Waals surface area contributed by atoms with E-state index in [1.165, 1.54) is 12.1 Å². The summed E-state index contributed by atoms with van der Waals surface area (Å²) in [7, 11) is -7.12. The Labute approximate surface area is 120 Å². The first kappa shape index (κ1) is 17.0. The minimum Gasteiger partial charge on any atom is -0.481 e. The molecule has 0 bridgehead atoms. The van der Waals surface area contributed by atoms with Gasteiger partial charge in [-0.25, -0.2) is 26.3 Å². The van der Waals surface area contributed by atoms with Gasteiger partial charge < -0.3 is 5.11 Å². The number of thiophene rings is 1. The fraction of sp³-hybridized carbons (Fsp3) is 0.444. The predicted molar refractivity (Wildman–Crippen MR) is 73.7 cm³/mol. The summed E-state index contributed by atoms with van der Waals surface area (Å²) in [6.07, 6.45) is 0.731. The highest BCUT2D eigenvalue weighted by molar-refractivity contribution is 7.91. The van der Waals surface area contributed by atoms with Crippen LogP contribution >= 0.6 is 11.3 Å². The summed E-state index contributed by atoms with van der Waals surface area (Å²) in [5, 5.41) is 8.60. The summed E-state index contributed by atoms with van der Waals surface area (Å²) in [4.78, 5) is 10.9. The van der Waals surface area contributed by atoms with E-state index >= 15 is 0 Å². The molecule has 0 radical (unpaired) electrons. The Hall–Kier alpha value is -1.01. The third-order valence-corrected chi connectivity index (χ3v) is 5.78. The van der Waals surface area contributed by atoms with Crippen molar-refractivity contribution in [2.45, 2.75) is 10.6 Å². The summed E-state index contributed by atoms with van der Waals surface area (Å²) >= 11 is 0.862. The van der Waals surface area contributed by atoms with Crippen molar-refractivity contribution >= 4 is 37.4 Å². The molecule has 1 aromatic heterocycles. The fourth-order valence-electron chi connectivity index (χ4n) is 1.24. The van der Waals surface area contributed by atoms with Crippen LogP contribution in [-0.4, -0.2) is 47.3 Å². The molecule has 0 aromatic carbocycles. The number of carboxylic acids is 1. The zero-order valence-corrected chi connectivity index (χ0v) is 12.9. The number of hydrogen-bond acceptors (Lipinski definition) is 6. The van der Waals surface area contributed by atoms with Crippen molar-refractivity contribution < 1.29 is 26.7 Å². The van der Waals surface area contributed by atoms with Crippen molar-refractivity contribution in [1.29, 1.82) is 0 Å². The molecule has 20 heavy (non-hydrogen) atoms. The SMILES string of the molecule is CS(=O)(=O)NCCNS(=O)(=O)c1ccc(CC(=O)O)s1. The quantitative estimate of drug-likeness (QED) is 0.531. The molecule has 0 aliphatic heterocycles. The number of nitrogens with one attached hydrogen (secondary N) is 2. The molecular formula is C9H14N2O6S3. The van der Waals surface area contributed by atoms with E-state index in [2.05, 4.69) is 9.44 Å². The van der Waals surface area contributed by atoms with Crippen LogP contribution in [0.4, 0.5) is 0 Å². The molecule has 0 saturated heterocycles. The van der Waals surface area contributed by atoms with Gasteiger partial charge in [0.25, 0.3) is 0 Å². The lowest BCUT2D eigenvalue weighted by molar-refractivity contribution is -0.136. The Bertz CT molecular complexity index is 676. The lowest BCUT2D eigenvalue weighted by atomic mass is 10.3. The molecule has 1 rings (SSSR count). The van der Waals surface area contributed by atoms with Gasteiger partial charge in [0.15, 0.2) is 0 Å². The molecule has 0 atom stereocenters. The minimum absolute atomic E-state index is 0.00638. The molecule has 8 nitrogen and oxygen atoms in total. The number of carboxylic acid groups (broad SMARTS) is 1. The van der Waals surface area contributed by atoms with E-state index in [0.29, 0.717) is 4.88 Å². The van der Waals surface area contributed by atoms with Gasteiger partial charge in [0.1, 0.15) is 4.21 Å². The standard InChI is InChI=1S/C9H14N2O6S3/c1-19(14,15)10-4-5-11-20(16,17)9-3-2-7(18-9)6-8(12)13/h2-3,10-11H,4-6H2,1H3,(H,12,13). The summed E-state index contributed by atoms with van der Waals surface area (Å²) in [5.74, 6) is -1.04. The van der Waals surface area contributed by atoms with Crippen LogP contribution < -0.4 is 9.44 Å². The Balaban J connectivity index is 2.60. The normalized spacial score (nSPS) is 12.4. The summed E-state index contributed by atoms with van der Waals surface area (Å²) in [6, 6.07) is 2.75. The van der Waals surface area contributed by atoms with Gasteiger partial charge in [0.05, 0.1) is 12.7 Å². The topological polar surface area (TPSA) is 130 Å². The third-order valence-electron chi connectivity index (χ3n) is 2.01. The molecule has 11 heteroatoms. The second-order valence-electron chi connectivity index (χ2n) is 3.86. The van der Waals surface area contributed by atoms with Gasteiger partial charge in [-0.05, 0) is 12.1 Å². The van der Waals surface area contributed by atoms with Crippen LogP contribution in [0.3, 0.4) is 0 Å². The van der Waals surface area contributed by atoms with Gasteiger partial charge in [-0.1, -0.05) is 0 Å². The van der Waals surface area contributed by atoms with Gasteiger partial charge in [0.2, 0.25) is 20.0 Å². The first-order valence-corrected chi connectivity index (χ1v) is 9.54. The average molecular weight is 342 g/mol. The van der Waals surface area contributed by atoms with Crippen LogP contribution in [0.15, 0.2) is 16.3 Å². The van der Waals surface area contributed by atoms with Crippen molar-refractivity contribution in [3.8, 4) is 0 Å². The van der Waals surface area contributed by atoms with Crippen molar-refractivity contribution in [2.24, 2.45) is 0 Å². The Morgan fingerprint density at radius 3 is 2.35 bits per heavy atom. The van der Waals surface area contributed by atoms with Crippen LogP contribution in [0.5, 0.6) is 0 Å². The number of hydrogen-bond donors (Lipinski definition) is 3. The molecule has 0 aliphatic carbocycles. The van der Waals surface area contributed by atoms with E-state index in [1.54, 1.807) is 0 Å². The lowest BCUT2D eigenvalue weighted by Gasteiger charge is -2.05. The molecule has 114 valence electrons. The highest BCUT2D eigenvalue weighted by atomic mass is 32.2. The van der Waals surface area contributed by atoms with Crippen molar-refractivity contribution in [3.05, 3.63) is 17.0 Å². The Morgan fingerprint density at radius 1 is 1.20 bits per heavy atom. The van der Waals surface area contributed by atoms with E-state index in [4.69, 9.17) is 5.11 Å². The van der Waals surface area contributed by atoms with Crippen molar-refractivity contribution in [2.75, 3.05) is 19.3 Å². The second-order valence-corrected chi connectivity index (χ2v) is 8.85. The number of carbonyl (C=O) groups is 1. The molecule has 0 saturated carbocycles. The maximum absolute atomic E-state index is 11.8. The largest absolute Gasteiger partial charge is 0.481 e. The van der Waals surface area contributed by atoms with Gasteiger partial charge in [-0.15, -0.1) is 11.3 Å². The van der Waals surface area contributed by atoms with Gasteiger partial charge in [-0.2, -0.15) is 0 Å². The number of aliphatic carboxylic acids is 1. The highest BCUT2D eigenvalue weighted by Gasteiger charge is 2.17. The van der Waals surface area contributed by atoms with Gasteiger partial charge in [-0.3, -0.25) is 4.79 Å². The Kier molecular flexibility index (Phi) is 5.65. The summed E-state index contributed by atoms with van der Waals surface area (Å²) in [5.41, 5.74) is 0. The zero-order chi connectivity index (χ0) is 15.4. The van der Waals surface area contributed by atoms with E-state index in [0.717, 1.165) is 17.6 Å². The van der Waals surface area contributed by atoms with Crippen molar-refractivity contribution in [3.63, 3.8) is 0 Å². The predicted octanol–water partition coefficient (Wildman–Crippen LogP) is -0.797. The van der Waals surface area contributed by atoms with Crippen molar-refractivity contribution in [1.82, 2.24) is 9.44 Å². The molecule has 0 fully saturated rings.